The number of hydrogen-bond acceptors (Lipinski definition) is 4. The Bertz CT molecular complexity index is 748. The topological polar surface area (TPSA) is 69.2 Å². The number of morpholine rings is 1. The van der Waals surface area contributed by atoms with Gasteiger partial charge in [-0.3, -0.25) is 14.7 Å². The van der Waals surface area contributed by atoms with Crippen LogP contribution < -0.4 is 10.6 Å². The smallest absolute Gasteiger partial charge is 0.254 e. The molecule has 0 radical (unpaired) electrons. The Kier molecular flexibility index (Phi) is 11.9. The minimum atomic E-state index is 0. The Morgan fingerprint density at radius 3 is 2.45 bits per heavy atom. The second-order valence-electron chi connectivity index (χ2n) is 9.11. The van der Waals surface area contributed by atoms with Crippen LogP contribution in [0.3, 0.4) is 0 Å². The molecule has 8 heteroatoms. The summed E-state index contributed by atoms with van der Waals surface area (Å²) in [6.07, 6.45) is 5.38. The van der Waals surface area contributed by atoms with Gasteiger partial charge in [-0.1, -0.05) is 25.5 Å². The van der Waals surface area contributed by atoms with Crippen LogP contribution in [0.1, 0.15) is 62.4 Å². The summed E-state index contributed by atoms with van der Waals surface area (Å²) in [5.41, 5.74) is 1.85. The van der Waals surface area contributed by atoms with E-state index in [9.17, 15) is 4.79 Å². The SMILES string of the molecule is CCC1CCCCN1CCNC(=NC)NCc1ccc(C(=O)N2CC(C)OC(C)C2)cc1.I. The summed E-state index contributed by atoms with van der Waals surface area (Å²) in [5.74, 6) is 0.888. The average molecular weight is 572 g/mol. The van der Waals surface area contributed by atoms with E-state index in [1.54, 1.807) is 7.05 Å². The number of rotatable bonds is 7. The van der Waals surface area contributed by atoms with Crippen LogP contribution in [0.4, 0.5) is 0 Å². The van der Waals surface area contributed by atoms with E-state index in [1.807, 2.05) is 43.0 Å². The predicted octanol–water partition coefficient (Wildman–Crippen LogP) is 3.48. The second-order valence-corrected chi connectivity index (χ2v) is 9.11. The van der Waals surface area contributed by atoms with E-state index in [-0.39, 0.29) is 42.1 Å². The first kappa shape index (κ1) is 27.9. The molecule has 7 nitrogen and oxygen atoms in total. The summed E-state index contributed by atoms with van der Waals surface area (Å²) in [7, 11) is 1.80. The van der Waals surface area contributed by atoms with Crippen molar-refractivity contribution in [2.24, 2.45) is 4.99 Å². The van der Waals surface area contributed by atoms with Gasteiger partial charge in [0.05, 0.1) is 12.2 Å². The number of carbonyl (C=O) groups excluding carboxylic acids is 1. The molecule has 0 aliphatic carbocycles. The highest BCUT2D eigenvalue weighted by atomic mass is 127. The number of benzene rings is 1. The number of amides is 1. The fraction of sp³-hybridized carbons (Fsp3) is 0.680. The number of piperidine rings is 1. The lowest BCUT2D eigenvalue weighted by molar-refractivity contribution is -0.0586. The van der Waals surface area contributed by atoms with Gasteiger partial charge in [-0.25, -0.2) is 0 Å². The molecule has 33 heavy (non-hydrogen) atoms. The van der Waals surface area contributed by atoms with Gasteiger partial charge in [0.1, 0.15) is 0 Å². The quantitative estimate of drug-likeness (QED) is 0.298. The zero-order chi connectivity index (χ0) is 22.9. The third-order valence-electron chi connectivity index (χ3n) is 6.50. The number of ether oxygens (including phenoxy) is 1. The monoisotopic (exact) mass is 571 g/mol. The maximum absolute atomic E-state index is 12.8. The molecule has 1 aromatic rings. The zero-order valence-corrected chi connectivity index (χ0v) is 23.0. The van der Waals surface area contributed by atoms with Crippen LogP contribution in [-0.2, 0) is 11.3 Å². The van der Waals surface area contributed by atoms with Crippen molar-refractivity contribution in [2.45, 2.75) is 71.2 Å². The van der Waals surface area contributed by atoms with Crippen molar-refractivity contribution in [3.63, 3.8) is 0 Å². The lowest BCUT2D eigenvalue weighted by atomic mass is 10.0. The van der Waals surface area contributed by atoms with Crippen molar-refractivity contribution >= 4 is 35.8 Å². The van der Waals surface area contributed by atoms with Gasteiger partial charge < -0.3 is 20.3 Å². The molecule has 2 saturated heterocycles. The number of guanidine groups is 1. The molecule has 2 aliphatic heterocycles. The third-order valence-corrected chi connectivity index (χ3v) is 6.50. The number of aliphatic imine (C=N–C) groups is 1. The van der Waals surface area contributed by atoms with Gasteiger partial charge in [-0.2, -0.15) is 0 Å². The highest BCUT2D eigenvalue weighted by molar-refractivity contribution is 14.0. The van der Waals surface area contributed by atoms with Crippen LogP contribution in [0.15, 0.2) is 29.3 Å². The number of hydrogen-bond donors (Lipinski definition) is 2. The Morgan fingerprint density at radius 1 is 1.12 bits per heavy atom. The maximum atomic E-state index is 12.8. The van der Waals surface area contributed by atoms with Crippen LogP contribution in [0.2, 0.25) is 0 Å². The molecular weight excluding hydrogens is 529 g/mol. The maximum Gasteiger partial charge on any atom is 0.254 e. The van der Waals surface area contributed by atoms with Crippen LogP contribution in [0.25, 0.3) is 0 Å². The van der Waals surface area contributed by atoms with Crippen LogP contribution in [-0.4, -0.2) is 79.7 Å². The van der Waals surface area contributed by atoms with Crippen LogP contribution in [0.5, 0.6) is 0 Å². The van der Waals surface area contributed by atoms with E-state index in [2.05, 4.69) is 27.4 Å². The summed E-state index contributed by atoms with van der Waals surface area (Å²) < 4.78 is 5.74. The van der Waals surface area contributed by atoms with Crippen molar-refractivity contribution < 1.29 is 9.53 Å². The molecule has 0 spiro atoms. The summed E-state index contributed by atoms with van der Waals surface area (Å²) >= 11 is 0. The fourth-order valence-electron chi connectivity index (χ4n) is 4.83. The lowest BCUT2D eigenvalue weighted by Crippen LogP contribution is -2.48. The molecule has 0 bridgehead atoms. The molecule has 2 fully saturated rings. The predicted molar refractivity (Wildman–Crippen MR) is 145 cm³/mol. The van der Waals surface area contributed by atoms with Gasteiger partial charge in [0.15, 0.2) is 5.96 Å². The van der Waals surface area contributed by atoms with Gasteiger partial charge in [-0.15, -0.1) is 24.0 Å². The zero-order valence-electron chi connectivity index (χ0n) is 20.7. The molecule has 1 amide bonds. The largest absolute Gasteiger partial charge is 0.372 e. The van der Waals surface area contributed by atoms with E-state index >= 15 is 0 Å². The normalized spacial score (nSPS) is 24.2. The molecule has 2 N–H and O–H groups in total. The molecule has 2 heterocycles. The van der Waals surface area contributed by atoms with Gasteiger partial charge in [-0.05, 0) is 57.4 Å². The van der Waals surface area contributed by atoms with Gasteiger partial charge in [0, 0.05) is 51.4 Å². The van der Waals surface area contributed by atoms with E-state index in [4.69, 9.17) is 4.74 Å². The number of halogens is 1. The lowest BCUT2D eigenvalue weighted by Gasteiger charge is -2.35. The number of nitrogens with one attached hydrogen (secondary N) is 2. The van der Waals surface area contributed by atoms with E-state index in [0.29, 0.717) is 19.6 Å². The number of carbonyl (C=O) groups is 1. The molecule has 3 unspecified atom stereocenters. The molecule has 3 rings (SSSR count). The average Bonchev–Trinajstić information content (AvgIpc) is 2.80. The summed E-state index contributed by atoms with van der Waals surface area (Å²) in [6.45, 7) is 11.4. The van der Waals surface area contributed by atoms with Gasteiger partial charge >= 0.3 is 0 Å². The van der Waals surface area contributed by atoms with Crippen LogP contribution in [0, 0.1) is 0 Å². The Hall–Kier alpha value is -1.39. The first-order chi connectivity index (χ1) is 15.5. The van der Waals surface area contributed by atoms with Gasteiger partial charge in [0.2, 0.25) is 0 Å². The molecule has 186 valence electrons. The Morgan fingerprint density at radius 2 is 1.82 bits per heavy atom. The molecule has 0 saturated carbocycles. The minimum Gasteiger partial charge on any atom is -0.372 e. The van der Waals surface area contributed by atoms with Gasteiger partial charge in [0.25, 0.3) is 5.91 Å². The Labute approximate surface area is 216 Å². The van der Waals surface area contributed by atoms with E-state index in [1.165, 1.54) is 32.2 Å². The number of likely N-dealkylation sites (tertiary alicyclic amines) is 1. The highest BCUT2D eigenvalue weighted by Gasteiger charge is 2.26. The van der Waals surface area contributed by atoms with Crippen LogP contribution >= 0.6 is 24.0 Å². The summed E-state index contributed by atoms with van der Waals surface area (Å²) in [4.78, 5) is 21.7. The van der Waals surface area contributed by atoms with Crippen molar-refractivity contribution in [3.05, 3.63) is 35.4 Å². The molecule has 0 aromatic heterocycles. The van der Waals surface area contributed by atoms with Crippen molar-refractivity contribution in [1.29, 1.82) is 0 Å². The minimum absolute atomic E-state index is 0. The second kappa shape index (κ2) is 14.1. The standard InChI is InChI=1S/C25H41N5O2.HI/c1-5-23-8-6-7-14-29(23)15-13-27-25(26-4)28-16-21-9-11-22(12-10-21)24(31)30-17-19(2)32-20(3)18-30;/h9-12,19-20,23H,5-8,13-18H2,1-4H3,(H2,26,27,28);1H. The summed E-state index contributed by atoms with van der Waals surface area (Å²) in [5, 5.41) is 6.82. The fourth-order valence-corrected chi connectivity index (χ4v) is 4.83. The highest BCUT2D eigenvalue weighted by Crippen LogP contribution is 2.18. The number of nitrogens with zero attached hydrogens (tertiary/aromatic N) is 3. The first-order valence-corrected chi connectivity index (χ1v) is 12.2. The first-order valence-electron chi connectivity index (χ1n) is 12.2. The van der Waals surface area contributed by atoms with E-state index in [0.717, 1.165) is 36.2 Å². The Balaban J connectivity index is 0.00000385. The third kappa shape index (κ3) is 8.40. The van der Waals surface area contributed by atoms with Crippen molar-refractivity contribution in [3.8, 4) is 0 Å². The molecule has 3 atom stereocenters. The van der Waals surface area contributed by atoms with Crippen molar-refractivity contribution in [1.82, 2.24) is 20.4 Å². The molecule has 2 aliphatic rings. The van der Waals surface area contributed by atoms with Crippen molar-refractivity contribution in [2.75, 3.05) is 39.8 Å². The van der Waals surface area contributed by atoms with E-state index < -0.39 is 0 Å². The summed E-state index contributed by atoms with van der Waals surface area (Å²) in [6, 6.07) is 8.59. The molecule has 1 aromatic carbocycles. The molecular formula is C25H42IN5O2.